The van der Waals surface area contributed by atoms with Crippen molar-refractivity contribution in [3.8, 4) is 0 Å². The first-order valence-electron chi connectivity index (χ1n) is 6.55. The molecule has 1 aliphatic rings. The van der Waals surface area contributed by atoms with Crippen LogP contribution in [0.1, 0.15) is 25.5 Å². The molecule has 3 atom stereocenters. The van der Waals surface area contributed by atoms with Crippen LogP contribution in [0.25, 0.3) is 0 Å². The standard InChI is InChI=1S/C14H20F2N2O/c1-9-7-18(8-10(2)19-9)14(6-17)12-4-3-11(15)5-13(12)16/h3-5,9-10,14H,6-8,17H2,1-2H3. The molecular weight excluding hydrogens is 250 g/mol. The lowest BCUT2D eigenvalue weighted by Crippen LogP contribution is -2.48. The van der Waals surface area contributed by atoms with Gasteiger partial charge in [0.1, 0.15) is 11.6 Å². The molecular formula is C14H20F2N2O. The van der Waals surface area contributed by atoms with Gasteiger partial charge in [0.25, 0.3) is 0 Å². The van der Waals surface area contributed by atoms with Crippen molar-refractivity contribution in [2.45, 2.75) is 32.1 Å². The maximum Gasteiger partial charge on any atom is 0.130 e. The molecule has 106 valence electrons. The van der Waals surface area contributed by atoms with Gasteiger partial charge in [-0.1, -0.05) is 6.07 Å². The molecule has 0 saturated carbocycles. The molecule has 3 unspecified atom stereocenters. The predicted octanol–water partition coefficient (Wildman–Crippen LogP) is 2.07. The highest BCUT2D eigenvalue weighted by Crippen LogP contribution is 2.26. The van der Waals surface area contributed by atoms with Gasteiger partial charge >= 0.3 is 0 Å². The molecule has 2 N–H and O–H groups in total. The van der Waals surface area contributed by atoms with Gasteiger partial charge in [0.2, 0.25) is 0 Å². The Labute approximate surface area is 112 Å². The Hall–Kier alpha value is -1.04. The Bertz CT molecular complexity index is 431. The molecule has 5 heteroatoms. The third-order valence-electron chi connectivity index (χ3n) is 3.43. The van der Waals surface area contributed by atoms with E-state index in [1.807, 2.05) is 13.8 Å². The molecule has 1 fully saturated rings. The summed E-state index contributed by atoms with van der Waals surface area (Å²) in [6.45, 7) is 5.66. The molecule has 1 aliphatic heterocycles. The Kier molecular flexibility index (Phi) is 4.50. The van der Waals surface area contributed by atoms with E-state index in [-0.39, 0.29) is 18.2 Å². The van der Waals surface area contributed by atoms with Crippen LogP contribution in [0.5, 0.6) is 0 Å². The largest absolute Gasteiger partial charge is 0.373 e. The minimum Gasteiger partial charge on any atom is -0.373 e. The highest BCUT2D eigenvalue weighted by molar-refractivity contribution is 5.23. The number of rotatable bonds is 3. The molecule has 0 bridgehead atoms. The third-order valence-corrected chi connectivity index (χ3v) is 3.43. The lowest BCUT2D eigenvalue weighted by Gasteiger charge is -2.40. The van der Waals surface area contributed by atoms with Crippen LogP contribution in [0, 0.1) is 11.6 Å². The Morgan fingerprint density at radius 1 is 1.32 bits per heavy atom. The predicted molar refractivity (Wildman–Crippen MR) is 69.7 cm³/mol. The Morgan fingerprint density at radius 3 is 2.47 bits per heavy atom. The third kappa shape index (κ3) is 3.29. The maximum atomic E-state index is 13.9. The van der Waals surface area contributed by atoms with Crippen LogP contribution in [0.4, 0.5) is 8.78 Å². The monoisotopic (exact) mass is 270 g/mol. The second-order valence-corrected chi connectivity index (χ2v) is 5.13. The normalized spacial score (nSPS) is 26.4. The van der Waals surface area contributed by atoms with Gasteiger partial charge in [-0.3, -0.25) is 4.90 Å². The minimum absolute atomic E-state index is 0.0845. The first kappa shape index (κ1) is 14.4. The Morgan fingerprint density at radius 2 is 1.95 bits per heavy atom. The molecule has 0 radical (unpaired) electrons. The first-order chi connectivity index (χ1) is 9.01. The topological polar surface area (TPSA) is 38.5 Å². The number of ether oxygens (including phenoxy) is 1. The van der Waals surface area contributed by atoms with E-state index in [1.165, 1.54) is 12.1 Å². The summed E-state index contributed by atoms with van der Waals surface area (Å²) < 4.78 is 32.5. The quantitative estimate of drug-likeness (QED) is 0.914. The molecule has 0 aliphatic carbocycles. The maximum absolute atomic E-state index is 13.9. The number of morpholine rings is 1. The molecule has 1 aromatic rings. The van der Waals surface area contributed by atoms with Crippen molar-refractivity contribution < 1.29 is 13.5 Å². The second-order valence-electron chi connectivity index (χ2n) is 5.13. The number of nitrogens with zero attached hydrogens (tertiary/aromatic N) is 1. The van der Waals surface area contributed by atoms with Gasteiger partial charge in [0.05, 0.1) is 18.2 Å². The van der Waals surface area contributed by atoms with E-state index in [0.29, 0.717) is 25.2 Å². The van der Waals surface area contributed by atoms with E-state index in [1.54, 1.807) is 0 Å². The fraction of sp³-hybridized carbons (Fsp3) is 0.571. The molecule has 0 aromatic heterocycles. The van der Waals surface area contributed by atoms with Gasteiger partial charge in [-0.2, -0.15) is 0 Å². The van der Waals surface area contributed by atoms with Crippen LogP contribution in [0.3, 0.4) is 0 Å². The molecule has 3 nitrogen and oxygen atoms in total. The van der Waals surface area contributed by atoms with Gasteiger partial charge in [-0.25, -0.2) is 8.78 Å². The average molecular weight is 270 g/mol. The van der Waals surface area contributed by atoms with E-state index in [0.717, 1.165) is 6.07 Å². The van der Waals surface area contributed by atoms with Crippen molar-refractivity contribution in [1.29, 1.82) is 0 Å². The van der Waals surface area contributed by atoms with Crippen LogP contribution < -0.4 is 5.73 Å². The molecule has 0 spiro atoms. The molecule has 1 aromatic carbocycles. The summed E-state index contributed by atoms with van der Waals surface area (Å²) in [6.07, 6.45) is 0.169. The highest BCUT2D eigenvalue weighted by atomic mass is 19.1. The number of hydrogen-bond acceptors (Lipinski definition) is 3. The molecule has 0 amide bonds. The minimum atomic E-state index is -0.569. The summed E-state index contributed by atoms with van der Waals surface area (Å²) in [5, 5.41) is 0. The van der Waals surface area contributed by atoms with Crippen LogP contribution in [0.2, 0.25) is 0 Å². The lowest BCUT2D eigenvalue weighted by atomic mass is 10.0. The SMILES string of the molecule is CC1CN(C(CN)c2ccc(F)cc2F)CC(C)O1. The van der Waals surface area contributed by atoms with Crippen LogP contribution in [0.15, 0.2) is 18.2 Å². The van der Waals surface area contributed by atoms with Gasteiger partial charge in [-0.05, 0) is 19.9 Å². The smallest absolute Gasteiger partial charge is 0.130 e. The van der Waals surface area contributed by atoms with E-state index < -0.39 is 11.6 Å². The highest BCUT2D eigenvalue weighted by Gasteiger charge is 2.29. The van der Waals surface area contributed by atoms with Crippen molar-refractivity contribution in [2.75, 3.05) is 19.6 Å². The van der Waals surface area contributed by atoms with E-state index >= 15 is 0 Å². The summed E-state index contributed by atoms with van der Waals surface area (Å²) in [6, 6.07) is 3.42. The molecule has 19 heavy (non-hydrogen) atoms. The Balaban J connectivity index is 2.23. The van der Waals surface area contributed by atoms with E-state index in [4.69, 9.17) is 10.5 Å². The second kappa shape index (κ2) is 5.94. The summed E-state index contributed by atoms with van der Waals surface area (Å²) in [7, 11) is 0. The zero-order chi connectivity index (χ0) is 14.0. The first-order valence-corrected chi connectivity index (χ1v) is 6.55. The van der Waals surface area contributed by atoms with Gasteiger partial charge in [0, 0.05) is 31.3 Å². The van der Waals surface area contributed by atoms with Crippen LogP contribution >= 0.6 is 0 Å². The van der Waals surface area contributed by atoms with Crippen molar-refractivity contribution in [3.63, 3.8) is 0 Å². The summed E-state index contributed by atoms with van der Waals surface area (Å²) in [4.78, 5) is 2.11. The number of benzene rings is 1. The summed E-state index contributed by atoms with van der Waals surface area (Å²) in [5.41, 5.74) is 6.24. The zero-order valence-electron chi connectivity index (χ0n) is 11.3. The van der Waals surface area contributed by atoms with E-state index in [2.05, 4.69) is 4.90 Å². The van der Waals surface area contributed by atoms with Crippen molar-refractivity contribution in [2.24, 2.45) is 5.73 Å². The summed E-state index contributed by atoms with van der Waals surface area (Å²) in [5.74, 6) is -1.11. The van der Waals surface area contributed by atoms with Gasteiger partial charge in [-0.15, -0.1) is 0 Å². The molecule has 1 saturated heterocycles. The fourth-order valence-corrected chi connectivity index (χ4v) is 2.72. The van der Waals surface area contributed by atoms with Gasteiger partial charge < -0.3 is 10.5 Å². The summed E-state index contributed by atoms with van der Waals surface area (Å²) >= 11 is 0. The average Bonchev–Trinajstić information content (AvgIpc) is 2.31. The zero-order valence-corrected chi connectivity index (χ0v) is 11.3. The van der Waals surface area contributed by atoms with Crippen LogP contribution in [-0.4, -0.2) is 36.7 Å². The molecule has 1 heterocycles. The van der Waals surface area contributed by atoms with Crippen molar-refractivity contribution >= 4 is 0 Å². The van der Waals surface area contributed by atoms with Crippen molar-refractivity contribution in [1.82, 2.24) is 4.90 Å². The molecule has 2 rings (SSSR count). The van der Waals surface area contributed by atoms with Gasteiger partial charge in [0.15, 0.2) is 0 Å². The fourth-order valence-electron chi connectivity index (χ4n) is 2.72. The number of halogens is 2. The van der Waals surface area contributed by atoms with Crippen molar-refractivity contribution in [3.05, 3.63) is 35.4 Å². The number of nitrogens with two attached hydrogens (primary N) is 1. The van der Waals surface area contributed by atoms with Crippen LogP contribution in [-0.2, 0) is 4.74 Å². The lowest BCUT2D eigenvalue weighted by molar-refractivity contribution is -0.0802. The number of hydrogen-bond donors (Lipinski definition) is 1. The van der Waals surface area contributed by atoms with E-state index in [9.17, 15) is 8.78 Å².